The molecule has 0 saturated carbocycles. The number of esters is 3. The van der Waals surface area contributed by atoms with Crippen LogP contribution < -0.4 is 0 Å². The molecule has 0 fully saturated rings. The van der Waals surface area contributed by atoms with E-state index in [1.54, 1.807) is 0 Å². The van der Waals surface area contributed by atoms with E-state index in [2.05, 4.69) is 34.6 Å². The van der Waals surface area contributed by atoms with Gasteiger partial charge in [-0.1, -0.05) is 298 Å². The highest BCUT2D eigenvalue weighted by Crippen LogP contribution is 2.18. The van der Waals surface area contributed by atoms with E-state index < -0.39 is 6.10 Å². The fraction of sp³-hybridized carbons (Fsp3) is 0.950. The summed E-state index contributed by atoms with van der Waals surface area (Å²) in [7, 11) is 0. The first kappa shape index (κ1) is 64.4. The molecule has 0 spiro atoms. The van der Waals surface area contributed by atoms with E-state index >= 15 is 0 Å². The van der Waals surface area contributed by atoms with Crippen LogP contribution in [0.3, 0.4) is 0 Å². The Morgan fingerprint density at radius 2 is 0.500 bits per heavy atom. The molecule has 0 aliphatic heterocycles. The summed E-state index contributed by atoms with van der Waals surface area (Å²) in [6.45, 7) is 11.4. The number of ether oxygens (including phenoxy) is 3. The molecule has 6 nitrogen and oxygen atoms in total. The summed E-state index contributed by atoms with van der Waals surface area (Å²) in [6, 6.07) is 0. The first-order valence-electron chi connectivity index (χ1n) is 29.7. The highest BCUT2D eigenvalue weighted by molar-refractivity contribution is 5.71. The quantitative estimate of drug-likeness (QED) is 0.0343. The van der Waals surface area contributed by atoms with Crippen molar-refractivity contribution in [3.63, 3.8) is 0 Å². The lowest BCUT2D eigenvalue weighted by Crippen LogP contribution is -2.30. The van der Waals surface area contributed by atoms with Crippen molar-refractivity contribution in [2.24, 2.45) is 11.8 Å². The zero-order chi connectivity index (χ0) is 48.2. The molecule has 66 heavy (non-hydrogen) atoms. The largest absolute Gasteiger partial charge is 0.462 e. The van der Waals surface area contributed by atoms with Crippen molar-refractivity contribution in [1.82, 2.24) is 0 Å². The highest BCUT2D eigenvalue weighted by Gasteiger charge is 2.19. The molecule has 0 aromatic rings. The Kier molecular flexibility index (Phi) is 51.5. The van der Waals surface area contributed by atoms with Gasteiger partial charge in [-0.3, -0.25) is 14.4 Å². The van der Waals surface area contributed by atoms with Gasteiger partial charge in [0.05, 0.1) is 0 Å². The maximum absolute atomic E-state index is 12.9. The molecule has 0 aliphatic rings. The van der Waals surface area contributed by atoms with Crippen molar-refractivity contribution in [3.05, 3.63) is 0 Å². The first-order valence-corrected chi connectivity index (χ1v) is 29.7. The van der Waals surface area contributed by atoms with Crippen molar-refractivity contribution < 1.29 is 28.6 Å². The molecule has 0 saturated heterocycles. The van der Waals surface area contributed by atoms with Crippen molar-refractivity contribution >= 4 is 17.9 Å². The Morgan fingerprint density at radius 3 is 0.742 bits per heavy atom. The van der Waals surface area contributed by atoms with Gasteiger partial charge >= 0.3 is 17.9 Å². The summed E-state index contributed by atoms with van der Waals surface area (Å²) in [5.41, 5.74) is 0. The Morgan fingerprint density at radius 1 is 0.288 bits per heavy atom. The van der Waals surface area contributed by atoms with E-state index in [1.165, 1.54) is 225 Å². The van der Waals surface area contributed by atoms with E-state index in [0.717, 1.165) is 69.6 Å². The minimum Gasteiger partial charge on any atom is -0.462 e. The standard InChI is InChI=1S/C60H116O6/c1-6-7-8-9-10-11-23-30-35-40-45-50-58(61)64-53-57(54-65-59(62)51-46-41-36-31-26-22-18-20-25-29-34-39-44-49-56(4)5)66-60(63)52-47-42-37-32-27-21-17-15-13-12-14-16-19-24-28-33-38-43-48-55(2)3/h55-57H,6-54H2,1-5H3/t57-/m1/s1. The van der Waals surface area contributed by atoms with Gasteiger partial charge in [0.15, 0.2) is 6.10 Å². The van der Waals surface area contributed by atoms with E-state index in [0.29, 0.717) is 19.3 Å². The molecule has 0 aliphatic carbocycles. The van der Waals surface area contributed by atoms with Crippen LogP contribution in [-0.4, -0.2) is 37.2 Å². The van der Waals surface area contributed by atoms with Crippen LogP contribution in [0, 0.1) is 11.8 Å². The second kappa shape index (κ2) is 52.8. The fourth-order valence-corrected chi connectivity index (χ4v) is 9.23. The summed E-state index contributed by atoms with van der Waals surface area (Å²) in [5, 5.41) is 0. The number of unbranched alkanes of at least 4 members (excludes halogenated alkanes) is 39. The average Bonchev–Trinajstić information content (AvgIpc) is 3.29. The maximum atomic E-state index is 12.9. The monoisotopic (exact) mass is 933 g/mol. The molecular weight excluding hydrogens is 817 g/mol. The molecule has 0 N–H and O–H groups in total. The molecular formula is C60H116O6. The normalized spacial score (nSPS) is 12.0. The maximum Gasteiger partial charge on any atom is 0.306 e. The second-order valence-electron chi connectivity index (χ2n) is 21.6. The zero-order valence-electron chi connectivity index (χ0n) is 45.3. The number of carbonyl (C=O) groups excluding carboxylic acids is 3. The molecule has 1 atom stereocenters. The molecule has 0 aromatic heterocycles. The van der Waals surface area contributed by atoms with E-state index in [1.807, 2.05) is 0 Å². The van der Waals surface area contributed by atoms with E-state index in [9.17, 15) is 14.4 Å². The van der Waals surface area contributed by atoms with Crippen molar-refractivity contribution in [2.45, 2.75) is 343 Å². The molecule has 0 radical (unpaired) electrons. The van der Waals surface area contributed by atoms with Crippen LogP contribution in [0.5, 0.6) is 0 Å². The molecule has 0 aromatic carbocycles. The van der Waals surface area contributed by atoms with Crippen LogP contribution in [0.15, 0.2) is 0 Å². The lowest BCUT2D eigenvalue weighted by molar-refractivity contribution is -0.167. The predicted molar refractivity (Wildman–Crippen MR) is 284 cm³/mol. The van der Waals surface area contributed by atoms with Crippen LogP contribution in [0.4, 0.5) is 0 Å². The smallest absolute Gasteiger partial charge is 0.306 e. The third-order valence-corrected chi connectivity index (χ3v) is 13.7. The van der Waals surface area contributed by atoms with Crippen LogP contribution in [0.2, 0.25) is 0 Å². The number of rotatable bonds is 54. The van der Waals surface area contributed by atoms with Crippen molar-refractivity contribution in [1.29, 1.82) is 0 Å². The van der Waals surface area contributed by atoms with Gasteiger partial charge in [0.2, 0.25) is 0 Å². The van der Waals surface area contributed by atoms with Crippen LogP contribution in [0.25, 0.3) is 0 Å². The highest BCUT2D eigenvalue weighted by atomic mass is 16.6. The second-order valence-corrected chi connectivity index (χ2v) is 21.6. The third kappa shape index (κ3) is 53.4. The minimum atomic E-state index is -0.762. The SMILES string of the molecule is CCCCCCCCCCCCCC(=O)OC[C@H](COC(=O)CCCCCCCCCCCCCCCC(C)C)OC(=O)CCCCCCCCCCCCCCCCCCCCC(C)C. The topological polar surface area (TPSA) is 78.9 Å². The Balaban J connectivity index is 4.23. The molecule has 0 rings (SSSR count). The summed E-state index contributed by atoms with van der Waals surface area (Å²) in [5.74, 6) is 0.860. The van der Waals surface area contributed by atoms with Gasteiger partial charge in [0, 0.05) is 19.3 Å². The van der Waals surface area contributed by atoms with Crippen LogP contribution >= 0.6 is 0 Å². The van der Waals surface area contributed by atoms with Crippen LogP contribution in [0.1, 0.15) is 336 Å². The summed E-state index contributed by atoms with van der Waals surface area (Å²) in [4.78, 5) is 38.1. The molecule has 0 bridgehead atoms. The summed E-state index contributed by atoms with van der Waals surface area (Å²) in [6.07, 6.45) is 56.7. The minimum absolute atomic E-state index is 0.0625. The van der Waals surface area contributed by atoms with Gasteiger partial charge in [-0.15, -0.1) is 0 Å². The molecule has 0 amide bonds. The summed E-state index contributed by atoms with van der Waals surface area (Å²) >= 11 is 0. The Hall–Kier alpha value is -1.59. The third-order valence-electron chi connectivity index (χ3n) is 13.7. The Bertz CT molecular complexity index is 1010. The molecule has 392 valence electrons. The zero-order valence-corrected chi connectivity index (χ0v) is 45.3. The number of carbonyl (C=O) groups is 3. The van der Waals surface area contributed by atoms with E-state index in [-0.39, 0.29) is 31.1 Å². The van der Waals surface area contributed by atoms with E-state index in [4.69, 9.17) is 14.2 Å². The van der Waals surface area contributed by atoms with Crippen molar-refractivity contribution in [2.75, 3.05) is 13.2 Å². The van der Waals surface area contributed by atoms with Gasteiger partial charge < -0.3 is 14.2 Å². The van der Waals surface area contributed by atoms with Crippen molar-refractivity contribution in [3.8, 4) is 0 Å². The number of hydrogen-bond donors (Lipinski definition) is 0. The number of hydrogen-bond acceptors (Lipinski definition) is 6. The van der Waals surface area contributed by atoms with Crippen LogP contribution in [-0.2, 0) is 28.6 Å². The van der Waals surface area contributed by atoms with Gasteiger partial charge in [0.1, 0.15) is 13.2 Å². The average molecular weight is 934 g/mol. The Labute approximate surface area is 412 Å². The molecule has 0 unspecified atom stereocenters. The van der Waals surface area contributed by atoms with Gasteiger partial charge in [-0.05, 0) is 31.1 Å². The van der Waals surface area contributed by atoms with Gasteiger partial charge in [-0.25, -0.2) is 0 Å². The lowest BCUT2D eigenvalue weighted by atomic mass is 10.0. The molecule has 6 heteroatoms. The summed E-state index contributed by atoms with van der Waals surface area (Å²) < 4.78 is 16.9. The molecule has 0 heterocycles. The van der Waals surface area contributed by atoms with Gasteiger partial charge in [0.25, 0.3) is 0 Å². The fourth-order valence-electron chi connectivity index (χ4n) is 9.23. The lowest BCUT2D eigenvalue weighted by Gasteiger charge is -2.18. The predicted octanol–water partition coefficient (Wildman–Crippen LogP) is 19.7. The first-order chi connectivity index (χ1) is 32.2. The van der Waals surface area contributed by atoms with Gasteiger partial charge in [-0.2, -0.15) is 0 Å².